The fourth-order valence-electron chi connectivity index (χ4n) is 3.63. The Morgan fingerprint density at radius 2 is 2.14 bits per heavy atom. The number of piperidine rings is 1. The summed E-state index contributed by atoms with van der Waals surface area (Å²) >= 11 is 0. The van der Waals surface area contributed by atoms with Crippen LogP contribution in [-0.4, -0.2) is 49.6 Å². The number of rotatable bonds is 8. The molecule has 1 fully saturated rings. The van der Waals surface area contributed by atoms with Gasteiger partial charge in [0, 0.05) is 18.9 Å². The standard InChI is InChI=1S/C24H29NO4/c1-25-12-4-6-20(16-25)17-29-22-7-3-5-19(14-22)13-21(26)10-8-18-9-11-24(28-2)23(27)15-18/h3,5,7-11,14-15,20,27H,4,6,12-13,16-17H2,1-2H3/b10-8+. The molecule has 1 heterocycles. The van der Waals surface area contributed by atoms with Crippen molar-refractivity contribution < 1.29 is 19.4 Å². The van der Waals surface area contributed by atoms with Gasteiger partial charge in [-0.2, -0.15) is 0 Å². The minimum atomic E-state index is -0.00800. The number of hydrogen-bond donors (Lipinski definition) is 1. The molecule has 0 saturated carbocycles. The highest BCUT2D eigenvalue weighted by molar-refractivity contribution is 5.95. The van der Waals surface area contributed by atoms with Crippen LogP contribution in [0, 0.1) is 5.92 Å². The van der Waals surface area contributed by atoms with Crippen molar-refractivity contribution in [3.8, 4) is 17.2 Å². The lowest BCUT2D eigenvalue weighted by molar-refractivity contribution is -0.113. The number of phenols is 1. The fourth-order valence-corrected chi connectivity index (χ4v) is 3.63. The molecule has 0 aromatic heterocycles. The minimum Gasteiger partial charge on any atom is -0.504 e. The maximum absolute atomic E-state index is 12.3. The Labute approximate surface area is 172 Å². The average molecular weight is 395 g/mol. The van der Waals surface area contributed by atoms with Crippen molar-refractivity contribution >= 4 is 11.9 Å². The van der Waals surface area contributed by atoms with Crippen molar-refractivity contribution in [1.29, 1.82) is 0 Å². The van der Waals surface area contributed by atoms with E-state index in [4.69, 9.17) is 9.47 Å². The Bertz CT molecular complexity index is 862. The fraction of sp³-hybridized carbons (Fsp3) is 0.375. The second-order valence-electron chi connectivity index (χ2n) is 7.64. The number of methoxy groups -OCH3 is 1. The van der Waals surface area contributed by atoms with E-state index < -0.39 is 0 Å². The second kappa shape index (κ2) is 10.1. The molecule has 0 bridgehead atoms. The number of allylic oxidation sites excluding steroid dienone is 1. The van der Waals surface area contributed by atoms with E-state index in [-0.39, 0.29) is 11.5 Å². The molecule has 0 amide bonds. The van der Waals surface area contributed by atoms with Gasteiger partial charge in [-0.05, 0) is 67.9 Å². The van der Waals surface area contributed by atoms with Crippen LogP contribution in [0.5, 0.6) is 17.2 Å². The van der Waals surface area contributed by atoms with Crippen molar-refractivity contribution in [2.24, 2.45) is 5.92 Å². The minimum absolute atomic E-state index is 0.00800. The van der Waals surface area contributed by atoms with Crippen molar-refractivity contribution in [3.63, 3.8) is 0 Å². The lowest BCUT2D eigenvalue weighted by Crippen LogP contribution is -2.34. The van der Waals surface area contributed by atoms with Gasteiger partial charge in [-0.3, -0.25) is 4.79 Å². The van der Waals surface area contributed by atoms with E-state index in [1.165, 1.54) is 26.0 Å². The monoisotopic (exact) mass is 395 g/mol. The number of hydrogen-bond acceptors (Lipinski definition) is 5. The third-order valence-corrected chi connectivity index (χ3v) is 5.15. The number of carbonyl (C=O) groups excluding carboxylic acids is 1. The predicted octanol–water partition coefficient (Wildman–Crippen LogP) is 3.95. The van der Waals surface area contributed by atoms with Gasteiger partial charge in [0.1, 0.15) is 5.75 Å². The summed E-state index contributed by atoms with van der Waals surface area (Å²) in [6.45, 7) is 2.95. The Morgan fingerprint density at radius 1 is 1.28 bits per heavy atom. The number of benzene rings is 2. The Morgan fingerprint density at radius 3 is 2.90 bits per heavy atom. The van der Waals surface area contributed by atoms with Gasteiger partial charge in [0.2, 0.25) is 0 Å². The molecular weight excluding hydrogens is 366 g/mol. The SMILES string of the molecule is COc1ccc(/C=C/C(=O)Cc2cccc(OCC3CCCN(C)C3)c2)cc1O. The summed E-state index contributed by atoms with van der Waals surface area (Å²) in [7, 11) is 3.65. The normalized spacial score (nSPS) is 17.4. The van der Waals surface area contributed by atoms with Gasteiger partial charge in [-0.1, -0.05) is 24.3 Å². The van der Waals surface area contributed by atoms with Crippen molar-refractivity contribution in [3.05, 3.63) is 59.7 Å². The van der Waals surface area contributed by atoms with E-state index in [1.807, 2.05) is 24.3 Å². The van der Waals surface area contributed by atoms with Gasteiger partial charge in [-0.25, -0.2) is 0 Å². The van der Waals surface area contributed by atoms with Crippen LogP contribution in [0.4, 0.5) is 0 Å². The molecule has 5 nitrogen and oxygen atoms in total. The first-order valence-corrected chi connectivity index (χ1v) is 10.0. The molecule has 29 heavy (non-hydrogen) atoms. The number of likely N-dealkylation sites (tertiary alicyclic amines) is 1. The van der Waals surface area contributed by atoms with Gasteiger partial charge >= 0.3 is 0 Å². The highest BCUT2D eigenvalue weighted by Crippen LogP contribution is 2.26. The second-order valence-corrected chi connectivity index (χ2v) is 7.64. The zero-order chi connectivity index (χ0) is 20.6. The number of aromatic hydroxyl groups is 1. The average Bonchev–Trinajstić information content (AvgIpc) is 2.71. The molecule has 1 aliphatic heterocycles. The molecule has 5 heteroatoms. The van der Waals surface area contributed by atoms with Crippen molar-refractivity contribution in [1.82, 2.24) is 4.90 Å². The van der Waals surface area contributed by atoms with Gasteiger partial charge in [0.05, 0.1) is 13.7 Å². The summed E-state index contributed by atoms with van der Waals surface area (Å²) in [5.74, 6) is 1.82. The molecule has 2 aromatic carbocycles. The largest absolute Gasteiger partial charge is 0.504 e. The van der Waals surface area contributed by atoms with Crippen LogP contribution in [0.1, 0.15) is 24.0 Å². The maximum atomic E-state index is 12.3. The summed E-state index contributed by atoms with van der Waals surface area (Å²) in [6.07, 6.45) is 5.96. The predicted molar refractivity (Wildman–Crippen MR) is 115 cm³/mol. The van der Waals surface area contributed by atoms with Gasteiger partial charge in [-0.15, -0.1) is 0 Å². The third kappa shape index (κ3) is 6.36. The van der Waals surface area contributed by atoms with Crippen LogP contribution in [0.15, 0.2) is 48.5 Å². The summed E-state index contributed by atoms with van der Waals surface area (Å²) < 4.78 is 11.0. The Balaban J connectivity index is 1.53. The van der Waals surface area contributed by atoms with E-state index in [0.29, 0.717) is 24.7 Å². The lowest BCUT2D eigenvalue weighted by Gasteiger charge is -2.29. The van der Waals surface area contributed by atoms with Crippen LogP contribution in [-0.2, 0) is 11.2 Å². The Kier molecular flexibility index (Phi) is 7.30. The van der Waals surface area contributed by atoms with E-state index in [1.54, 1.807) is 24.3 Å². The molecule has 1 saturated heterocycles. The smallest absolute Gasteiger partial charge is 0.160 e. The van der Waals surface area contributed by atoms with Gasteiger partial charge in [0.15, 0.2) is 17.3 Å². The molecule has 154 valence electrons. The Hall–Kier alpha value is -2.79. The zero-order valence-electron chi connectivity index (χ0n) is 17.1. The zero-order valence-corrected chi connectivity index (χ0v) is 17.1. The highest BCUT2D eigenvalue weighted by atomic mass is 16.5. The molecule has 2 aromatic rings. The first-order chi connectivity index (χ1) is 14.0. The van der Waals surface area contributed by atoms with Crippen LogP contribution in [0.25, 0.3) is 6.08 Å². The maximum Gasteiger partial charge on any atom is 0.160 e. The molecule has 0 spiro atoms. The summed E-state index contributed by atoms with van der Waals surface area (Å²) in [5.41, 5.74) is 1.67. The molecule has 1 unspecified atom stereocenters. The highest BCUT2D eigenvalue weighted by Gasteiger charge is 2.17. The van der Waals surface area contributed by atoms with Crippen LogP contribution in [0.3, 0.4) is 0 Å². The molecule has 1 atom stereocenters. The quantitative estimate of drug-likeness (QED) is 0.686. The number of carbonyl (C=O) groups is 1. The topological polar surface area (TPSA) is 59.0 Å². The van der Waals surface area contributed by atoms with E-state index in [9.17, 15) is 9.90 Å². The number of ketones is 1. The number of ether oxygens (including phenoxy) is 2. The van der Waals surface area contributed by atoms with Gasteiger partial charge < -0.3 is 19.5 Å². The van der Waals surface area contributed by atoms with Crippen LogP contribution in [0.2, 0.25) is 0 Å². The lowest BCUT2D eigenvalue weighted by atomic mass is 9.99. The van der Waals surface area contributed by atoms with E-state index in [2.05, 4.69) is 11.9 Å². The molecule has 1 aliphatic rings. The van der Waals surface area contributed by atoms with E-state index >= 15 is 0 Å². The molecule has 0 radical (unpaired) electrons. The first kappa shape index (κ1) is 20.9. The van der Waals surface area contributed by atoms with Crippen molar-refractivity contribution in [2.75, 3.05) is 33.9 Å². The molecular formula is C24H29NO4. The summed E-state index contributed by atoms with van der Waals surface area (Å²) in [4.78, 5) is 14.7. The van der Waals surface area contributed by atoms with Gasteiger partial charge in [0.25, 0.3) is 0 Å². The summed E-state index contributed by atoms with van der Waals surface area (Å²) in [6, 6.07) is 12.8. The van der Waals surface area contributed by atoms with Crippen LogP contribution >= 0.6 is 0 Å². The molecule has 1 N–H and O–H groups in total. The van der Waals surface area contributed by atoms with E-state index in [0.717, 1.165) is 30.0 Å². The first-order valence-electron chi connectivity index (χ1n) is 10.0. The van der Waals surface area contributed by atoms with Crippen molar-refractivity contribution in [2.45, 2.75) is 19.3 Å². The van der Waals surface area contributed by atoms with Crippen LogP contribution < -0.4 is 9.47 Å². The number of phenolic OH excluding ortho intramolecular Hbond substituents is 1. The summed E-state index contributed by atoms with van der Waals surface area (Å²) in [5, 5.41) is 9.82. The molecule has 0 aliphatic carbocycles. The number of nitrogens with zero attached hydrogens (tertiary/aromatic N) is 1. The third-order valence-electron chi connectivity index (χ3n) is 5.15. The molecule has 3 rings (SSSR count).